The molecule has 1 unspecified atom stereocenters. The summed E-state index contributed by atoms with van der Waals surface area (Å²) in [5.41, 5.74) is 0.484. The van der Waals surface area contributed by atoms with E-state index >= 15 is 0 Å². The van der Waals surface area contributed by atoms with Crippen molar-refractivity contribution in [1.29, 1.82) is 0 Å². The van der Waals surface area contributed by atoms with E-state index < -0.39 is 12.1 Å². The molecule has 0 aliphatic rings. The van der Waals surface area contributed by atoms with Gasteiger partial charge >= 0.3 is 5.97 Å². The highest BCUT2D eigenvalue weighted by Crippen LogP contribution is 2.10. The average Bonchev–Trinajstić information content (AvgIpc) is 2.69. The Labute approximate surface area is 153 Å². The van der Waals surface area contributed by atoms with Crippen LogP contribution < -0.4 is 9.47 Å². The molecule has 0 aromatic heterocycles. The number of esters is 1. The molecule has 2 aromatic rings. The van der Waals surface area contributed by atoms with Gasteiger partial charge in [0.2, 0.25) is 0 Å². The third-order valence-electron chi connectivity index (χ3n) is 3.49. The van der Waals surface area contributed by atoms with E-state index in [0.717, 1.165) is 5.75 Å². The molecule has 0 fully saturated rings. The molecule has 0 saturated heterocycles. The zero-order valence-electron chi connectivity index (χ0n) is 14.8. The standard InChI is InChI=1S/C21H24O5/c1-17(9-8-14-24-19-10-4-2-5-11-19)21(23)26-16-18(22)15-25-20-12-6-3-7-13-20/h2-7,9-13,18,22H,8,14-16H2,1H3. The molecule has 0 heterocycles. The average molecular weight is 356 g/mol. The molecule has 138 valence electrons. The molecule has 5 nitrogen and oxygen atoms in total. The van der Waals surface area contributed by atoms with Gasteiger partial charge in [-0.25, -0.2) is 4.79 Å². The topological polar surface area (TPSA) is 65.0 Å². The first-order chi connectivity index (χ1) is 12.6. The smallest absolute Gasteiger partial charge is 0.333 e. The van der Waals surface area contributed by atoms with Crippen LogP contribution in [0.5, 0.6) is 11.5 Å². The number of carbonyl (C=O) groups excluding carboxylic acids is 1. The van der Waals surface area contributed by atoms with Gasteiger partial charge in [-0.3, -0.25) is 0 Å². The predicted octanol–water partition coefficient (Wildman–Crippen LogP) is 3.38. The minimum absolute atomic E-state index is 0.0605. The van der Waals surface area contributed by atoms with Crippen LogP contribution in [0, 0.1) is 0 Å². The first-order valence-corrected chi connectivity index (χ1v) is 8.53. The molecule has 0 aliphatic heterocycles. The fourth-order valence-electron chi connectivity index (χ4n) is 2.10. The Morgan fingerprint density at radius 2 is 1.54 bits per heavy atom. The summed E-state index contributed by atoms with van der Waals surface area (Å²) in [7, 11) is 0. The van der Waals surface area contributed by atoms with Crippen molar-refractivity contribution in [3.8, 4) is 11.5 Å². The van der Waals surface area contributed by atoms with Crippen molar-refractivity contribution in [2.75, 3.05) is 19.8 Å². The second-order valence-electron chi connectivity index (χ2n) is 5.71. The van der Waals surface area contributed by atoms with E-state index in [0.29, 0.717) is 24.4 Å². The number of hydrogen-bond donors (Lipinski definition) is 1. The molecule has 26 heavy (non-hydrogen) atoms. The number of ether oxygens (including phenoxy) is 3. The summed E-state index contributed by atoms with van der Waals surface area (Å²) >= 11 is 0. The number of hydrogen-bond acceptors (Lipinski definition) is 5. The van der Waals surface area contributed by atoms with Gasteiger partial charge in [0.15, 0.2) is 0 Å². The SMILES string of the molecule is CC(=CCCOc1ccccc1)C(=O)OCC(O)COc1ccccc1. The molecule has 0 aliphatic carbocycles. The number of rotatable bonds is 10. The number of para-hydroxylation sites is 2. The second kappa shape index (κ2) is 10.9. The van der Waals surface area contributed by atoms with Gasteiger partial charge in [0.1, 0.15) is 30.8 Å². The Balaban J connectivity index is 1.62. The molecular formula is C21H24O5. The lowest BCUT2D eigenvalue weighted by atomic mass is 10.2. The van der Waals surface area contributed by atoms with E-state index in [1.165, 1.54) is 0 Å². The van der Waals surface area contributed by atoms with Crippen LogP contribution in [0.2, 0.25) is 0 Å². The van der Waals surface area contributed by atoms with Crippen LogP contribution in [0.4, 0.5) is 0 Å². The van der Waals surface area contributed by atoms with Gasteiger partial charge in [0.25, 0.3) is 0 Å². The first-order valence-electron chi connectivity index (χ1n) is 8.53. The molecule has 0 amide bonds. The molecule has 0 radical (unpaired) electrons. The third kappa shape index (κ3) is 7.40. The van der Waals surface area contributed by atoms with Gasteiger partial charge < -0.3 is 19.3 Å². The molecule has 2 rings (SSSR count). The summed E-state index contributed by atoms with van der Waals surface area (Å²) < 4.78 is 16.1. The van der Waals surface area contributed by atoms with Crippen LogP contribution in [-0.4, -0.2) is 37.0 Å². The minimum Gasteiger partial charge on any atom is -0.493 e. The number of carbonyl (C=O) groups is 1. The van der Waals surface area contributed by atoms with Crippen LogP contribution in [0.25, 0.3) is 0 Å². The maximum Gasteiger partial charge on any atom is 0.333 e. The summed E-state index contributed by atoms with van der Waals surface area (Å²) in [6, 6.07) is 18.6. The molecule has 5 heteroatoms. The Morgan fingerprint density at radius 3 is 2.15 bits per heavy atom. The molecule has 0 saturated carbocycles. The van der Waals surface area contributed by atoms with Crippen molar-refractivity contribution < 1.29 is 24.1 Å². The fraction of sp³-hybridized carbons (Fsp3) is 0.286. The Kier molecular flexibility index (Phi) is 8.23. The van der Waals surface area contributed by atoms with E-state index in [1.807, 2.05) is 48.5 Å². The molecule has 1 N–H and O–H groups in total. The van der Waals surface area contributed by atoms with E-state index in [1.54, 1.807) is 25.1 Å². The summed E-state index contributed by atoms with van der Waals surface area (Å²) in [4.78, 5) is 11.9. The lowest BCUT2D eigenvalue weighted by Crippen LogP contribution is -2.25. The Bertz CT molecular complexity index is 682. The first kappa shape index (κ1) is 19.5. The lowest BCUT2D eigenvalue weighted by molar-refractivity contribution is -0.142. The maximum absolute atomic E-state index is 11.9. The molecule has 1 atom stereocenters. The Morgan fingerprint density at radius 1 is 0.962 bits per heavy atom. The van der Waals surface area contributed by atoms with Crippen molar-refractivity contribution in [3.05, 3.63) is 72.3 Å². The highest BCUT2D eigenvalue weighted by Gasteiger charge is 2.11. The van der Waals surface area contributed by atoms with Crippen LogP contribution in [-0.2, 0) is 9.53 Å². The normalized spacial score (nSPS) is 12.3. The van der Waals surface area contributed by atoms with Crippen LogP contribution in [0.3, 0.4) is 0 Å². The van der Waals surface area contributed by atoms with Crippen molar-refractivity contribution in [2.45, 2.75) is 19.4 Å². The van der Waals surface area contributed by atoms with Crippen molar-refractivity contribution in [1.82, 2.24) is 0 Å². The zero-order valence-corrected chi connectivity index (χ0v) is 14.8. The van der Waals surface area contributed by atoms with Gasteiger partial charge in [-0.15, -0.1) is 0 Å². The van der Waals surface area contributed by atoms with Crippen LogP contribution in [0.1, 0.15) is 13.3 Å². The second-order valence-corrected chi connectivity index (χ2v) is 5.71. The highest BCUT2D eigenvalue weighted by molar-refractivity contribution is 5.87. The third-order valence-corrected chi connectivity index (χ3v) is 3.49. The molecular weight excluding hydrogens is 332 g/mol. The predicted molar refractivity (Wildman–Crippen MR) is 99.2 cm³/mol. The summed E-state index contributed by atoms with van der Waals surface area (Å²) in [6.45, 7) is 2.10. The largest absolute Gasteiger partial charge is 0.493 e. The minimum atomic E-state index is -0.881. The molecule has 0 bridgehead atoms. The summed E-state index contributed by atoms with van der Waals surface area (Å²) in [5.74, 6) is 0.999. The quantitative estimate of drug-likeness (QED) is 0.402. The summed E-state index contributed by atoms with van der Waals surface area (Å²) in [6.07, 6.45) is 1.47. The number of benzene rings is 2. The van der Waals surface area contributed by atoms with E-state index in [-0.39, 0.29) is 13.2 Å². The van der Waals surface area contributed by atoms with E-state index in [2.05, 4.69) is 0 Å². The van der Waals surface area contributed by atoms with Crippen molar-refractivity contribution >= 4 is 5.97 Å². The van der Waals surface area contributed by atoms with Gasteiger partial charge in [-0.05, 0) is 31.2 Å². The van der Waals surface area contributed by atoms with Gasteiger partial charge in [-0.1, -0.05) is 42.5 Å². The maximum atomic E-state index is 11.9. The van der Waals surface area contributed by atoms with Crippen LogP contribution in [0.15, 0.2) is 72.3 Å². The van der Waals surface area contributed by atoms with Gasteiger partial charge in [0, 0.05) is 12.0 Å². The van der Waals surface area contributed by atoms with E-state index in [9.17, 15) is 9.90 Å². The molecule has 0 spiro atoms. The number of aliphatic hydroxyl groups is 1. The zero-order chi connectivity index (χ0) is 18.6. The number of aliphatic hydroxyl groups excluding tert-OH is 1. The fourth-order valence-corrected chi connectivity index (χ4v) is 2.10. The van der Waals surface area contributed by atoms with Gasteiger partial charge in [-0.2, -0.15) is 0 Å². The highest BCUT2D eigenvalue weighted by atomic mass is 16.5. The van der Waals surface area contributed by atoms with Crippen molar-refractivity contribution in [2.24, 2.45) is 0 Å². The van der Waals surface area contributed by atoms with Crippen LogP contribution >= 0.6 is 0 Å². The molecule has 2 aromatic carbocycles. The van der Waals surface area contributed by atoms with E-state index in [4.69, 9.17) is 14.2 Å². The monoisotopic (exact) mass is 356 g/mol. The summed E-state index contributed by atoms with van der Waals surface area (Å²) in [5, 5.41) is 9.84. The van der Waals surface area contributed by atoms with Gasteiger partial charge in [0.05, 0.1) is 6.61 Å². The van der Waals surface area contributed by atoms with Crippen molar-refractivity contribution in [3.63, 3.8) is 0 Å². The Hall–Kier alpha value is -2.79. The lowest BCUT2D eigenvalue weighted by Gasteiger charge is -2.13.